The van der Waals surface area contributed by atoms with Crippen LogP contribution in [0.5, 0.6) is 17.2 Å². The van der Waals surface area contributed by atoms with Crippen LogP contribution in [0.1, 0.15) is 15.9 Å². The van der Waals surface area contributed by atoms with Crippen molar-refractivity contribution in [2.75, 3.05) is 47.0 Å². The number of benzene rings is 2. The van der Waals surface area contributed by atoms with Crippen molar-refractivity contribution in [2.45, 2.75) is 6.92 Å². The number of amides is 2. The fourth-order valence-electron chi connectivity index (χ4n) is 3.26. The zero-order chi connectivity index (χ0) is 20.8. The molecule has 29 heavy (non-hydrogen) atoms. The maximum absolute atomic E-state index is 12.9. The lowest BCUT2D eigenvalue weighted by atomic mass is 10.1. The summed E-state index contributed by atoms with van der Waals surface area (Å²) in [4.78, 5) is 28.8. The molecule has 1 aliphatic heterocycles. The summed E-state index contributed by atoms with van der Waals surface area (Å²) >= 11 is 0. The molecular weight excluding hydrogens is 372 g/mol. The summed E-state index contributed by atoms with van der Waals surface area (Å²) in [6.07, 6.45) is 0. The van der Waals surface area contributed by atoms with Gasteiger partial charge in [-0.2, -0.15) is 0 Å². The normalized spacial score (nSPS) is 13.8. The van der Waals surface area contributed by atoms with Crippen LogP contribution < -0.4 is 14.2 Å². The van der Waals surface area contributed by atoms with Gasteiger partial charge in [-0.05, 0) is 31.2 Å². The number of carbonyl (C=O) groups excluding carboxylic acids is 2. The first-order valence-corrected chi connectivity index (χ1v) is 9.51. The minimum Gasteiger partial charge on any atom is -0.493 e. The van der Waals surface area contributed by atoms with Crippen LogP contribution in [0.2, 0.25) is 0 Å². The largest absolute Gasteiger partial charge is 0.493 e. The Morgan fingerprint density at radius 3 is 2.17 bits per heavy atom. The molecule has 0 aliphatic carbocycles. The van der Waals surface area contributed by atoms with Crippen molar-refractivity contribution in [1.82, 2.24) is 9.80 Å². The molecule has 1 aliphatic rings. The van der Waals surface area contributed by atoms with E-state index in [1.54, 1.807) is 28.0 Å². The second-order valence-electron chi connectivity index (χ2n) is 6.82. The standard InChI is InChI=1S/C22H26N2O5/c1-16-7-9-17(10-8-16)29-15-20(25)23-11-13-24(14-12-23)22(26)18-5-4-6-19(27-2)21(18)28-3/h4-10H,11-15H2,1-3H3. The zero-order valence-electron chi connectivity index (χ0n) is 17.0. The third kappa shape index (κ3) is 4.80. The molecule has 7 heteroatoms. The van der Waals surface area contributed by atoms with E-state index in [2.05, 4.69) is 0 Å². The van der Waals surface area contributed by atoms with Gasteiger partial charge in [0.25, 0.3) is 11.8 Å². The van der Waals surface area contributed by atoms with E-state index in [0.717, 1.165) is 5.56 Å². The molecule has 0 N–H and O–H groups in total. The van der Waals surface area contributed by atoms with Crippen LogP contribution in [0.25, 0.3) is 0 Å². The predicted molar refractivity (Wildman–Crippen MR) is 109 cm³/mol. The number of nitrogens with zero attached hydrogens (tertiary/aromatic N) is 2. The summed E-state index contributed by atoms with van der Waals surface area (Å²) in [5.41, 5.74) is 1.59. The average molecular weight is 398 g/mol. The van der Waals surface area contributed by atoms with Gasteiger partial charge in [0.15, 0.2) is 18.1 Å². The third-order valence-corrected chi connectivity index (χ3v) is 4.94. The van der Waals surface area contributed by atoms with Gasteiger partial charge in [-0.25, -0.2) is 0 Å². The Kier molecular flexibility index (Phi) is 6.59. The van der Waals surface area contributed by atoms with Crippen molar-refractivity contribution >= 4 is 11.8 Å². The number of methoxy groups -OCH3 is 2. The van der Waals surface area contributed by atoms with Crippen molar-refractivity contribution in [3.8, 4) is 17.2 Å². The molecule has 7 nitrogen and oxygen atoms in total. The number of ether oxygens (including phenoxy) is 3. The van der Waals surface area contributed by atoms with Gasteiger partial charge >= 0.3 is 0 Å². The maximum Gasteiger partial charge on any atom is 0.260 e. The summed E-state index contributed by atoms with van der Waals surface area (Å²) in [6, 6.07) is 12.8. The van der Waals surface area contributed by atoms with Gasteiger partial charge in [0.05, 0.1) is 19.8 Å². The molecule has 0 bridgehead atoms. The monoisotopic (exact) mass is 398 g/mol. The quantitative estimate of drug-likeness (QED) is 0.747. The topological polar surface area (TPSA) is 68.3 Å². The maximum atomic E-state index is 12.9. The Hall–Kier alpha value is -3.22. The second kappa shape index (κ2) is 9.32. The molecule has 0 radical (unpaired) electrons. The molecule has 2 aromatic rings. The van der Waals surface area contributed by atoms with Gasteiger partial charge in [0.2, 0.25) is 0 Å². The summed E-state index contributed by atoms with van der Waals surface area (Å²) in [7, 11) is 3.05. The molecule has 1 saturated heterocycles. The SMILES string of the molecule is COc1cccc(C(=O)N2CCN(C(=O)COc3ccc(C)cc3)CC2)c1OC. The predicted octanol–water partition coefficient (Wildman–Crippen LogP) is 2.38. The van der Waals surface area contributed by atoms with E-state index in [-0.39, 0.29) is 18.4 Å². The molecule has 0 unspecified atom stereocenters. The van der Waals surface area contributed by atoms with Crippen molar-refractivity contribution < 1.29 is 23.8 Å². The number of aryl methyl sites for hydroxylation is 1. The molecule has 1 heterocycles. The highest BCUT2D eigenvalue weighted by Gasteiger charge is 2.27. The van der Waals surface area contributed by atoms with Crippen LogP contribution in [-0.2, 0) is 4.79 Å². The van der Waals surface area contributed by atoms with Crippen LogP contribution in [0.4, 0.5) is 0 Å². The molecule has 2 aromatic carbocycles. The van der Waals surface area contributed by atoms with Crippen LogP contribution in [0.15, 0.2) is 42.5 Å². The number of hydrogen-bond acceptors (Lipinski definition) is 5. The van der Waals surface area contributed by atoms with E-state index in [0.29, 0.717) is 49.0 Å². The first-order valence-electron chi connectivity index (χ1n) is 9.51. The first kappa shape index (κ1) is 20.5. The minimum atomic E-state index is -0.135. The van der Waals surface area contributed by atoms with Crippen LogP contribution in [0, 0.1) is 6.92 Å². The molecule has 1 fully saturated rings. The first-order chi connectivity index (χ1) is 14.0. The van der Waals surface area contributed by atoms with Crippen LogP contribution in [-0.4, -0.2) is 68.6 Å². The number of hydrogen-bond donors (Lipinski definition) is 0. The summed E-state index contributed by atoms with van der Waals surface area (Å²) in [5, 5.41) is 0. The minimum absolute atomic E-state index is 0.0132. The Bertz CT molecular complexity index is 858. The second-order valence-corrected chi connectivity index (χ2v) is 6.82. The van der Waals surface area contributed by atoms with E-state index >= 15 is 0 Å². The van der Waals surface area contributed by atoms with Gasteiger partial charge in [0, 0.05) is 26.2 Å². The summed E-state index contributed by atoms with van der Waals surface area (Å²) in [5.74, 6) is 1.38. The van der Waals surface area contributed by atoms with E-state index in [1.807, 2.05) is 31.2 Å². The van der Waals surface area contributed by atoms with Gasteiger partial charge in [0.1, 0.15) is 5.75 Å². The fourth-order valence-corrected chi connectivity index (χ4v) is 3.26. The molecule has 154 valence electrons. The van der Waals surface area contributed by atoms with Crippen LogP contribution in [0.3, 0.4) is 0 Å². The van der Waals surface area contributed by atoms with Gasteiger partial charge in [-0.1, -0.05) is 23.8 Å². The van der Waals surface area contributed by atoms with Gasteiger partial charge in [-0.3, -0.25) is 9.59 Å². The molecule has 0 atom stereocenters. The number of carbonyl (C=O) groups is 2. The Balaban J connectivity index is 1.55. The van der Waals surface area contributed by atoms with Crippen LogP contribution >= 0.6 is 0 Å². The third-order valence-electron chi connectivity index (χ3n) is 4.94. The smallest absolute Gasteiger partial charge is 0.260 e. The number of para-hydroxylation sites is 1. The Morgan fingerprint density at radius 1 is 0.897 bits per heavy atom. The number of rotatable bonds is 6. The molecule has 2 amide bonds. The summed E-state index contributed by atoms with van der Waals surface area (Å²) < 4.78 is 16.2. The fraction of sp³-hybridized carbons (Fsp3) is 0.364. The van der Waals surface area contributed by atoms with Crippen molar-refractivity contribution in [3.63, 3.8) is 0 Å². The molecule has 0 aromatic heterocycles. The van der Waals surface area contributed by atoms with Crippen molar-refractivity contribution in [2.24, 2.45) is 0 Å². The lowest BCUT2D eigenvalue weighted by Gasteiger charge is -2.35. The molecule has 3 rings (SSSR count). The lowest BCUT2D eigenvalue weighted by Crippen LogP contribution is -2.51. The Labute approximate surface area is 170 Å². The zero-order valence-corrected chi connectivity index (χ0v) is 17.0. The Morgan fingerprint density at radius 2 is 1.55 bits per heavy atom. The lowest BCUT2D eigenvalue weighted by molar-refractivity contribution is -0.134. The van der Waals surface area contributed by atoms with Gasteiger partial charge in [-0.15, -0.1) is 0 Å². The van der Waals surface area contributed by atoms with E-state index in [9.17, 15) is 9.59 Å². The highest BCUT2D eigenvalue weighted by molar-refractivity contribution is 5.98. The molecule has 0 spiro atoms. The van der Waals surface area contributed by atoms with E-state index < -0.39 is 0 Å². The average Bonchev–Trinajstić information content (AvgIpc) is 2.77. The van der Waals surface area contributed by atoms with E-state index in [1.165, 1.54) is 14.2 Å². The van der Waals surface area contributed by atoms with E-state index in [4.69, 9.17) is 14.2 Å². The summed E-state index contributed by atoms with van der Waals surface area (Å²) in [6.45, 7) is 3.82. The van der Waals surface area contributed by atoms with Crippen molar-refractivity contribution in [3.05, 3.63) is 53.6 Å². The van der Waals surface area contributed by atoms with Gasteiger partial charge < -0.3 is 24.0 Å². The number of piperazine rings is 1. The highest BCUT2D eigenvalue weighted by Crippen LogP contribution is 2.31. The molecular formula is C22H26N2O5. The highest BCUT2D eigenvalue weighted by atomic mass is 16.5. The van der Waals surface area contributed by atoms with Crippen molar-refractivity contribution in [1.29, 1.82) is 0 Å². The molecule has 0 saturated carbocycles.